The summed E-state index contributed by atoms with van der Waals surface area (Å²) in [6, 6.07) is 0.0548. The van der Waals surface area contributed by atoms with E-state index in [1.807, 2.05) is 0 Å². The molecule has 0 spiro atoms. The van der Waals surface area contributed by atoms with E-state index in [9.17, 15) is 4.79 Å². The van der Waals surface area contributed by atoms with E-state index in [-0.39, 0.29) is 23.3 Å². The molecular formula is C12H22N2O2. The van der Waals surface area contributed by atoms with Crippen molar-refractivity contribution in [3.8, 4) is 0 Å². The van der Waals surface area contributed by atoms with Gasteiger partial charge in [0.15, 0.2) is 0 Å². The standard InChI is InChI=1S/C12H22N2O2/c1-12(7-16-8-12)6-14-11(15)9-4-2-3-5-10(9)13/h9-10H,2-8,13H2,1H3,(H,14,15). The van der Waals surface area contributed by atoms with Gasteiger partial charge in [0, 0.05) is 18.0 Å². The predicted octanol–water partition coefficient (Wildman–Crippen LogP) is 0.657. The smallest absolute Gasteiger partial charge is 0.224 e. The Balaban J connectivity index is 1.78. The van der Waals surface area contributed by atoms with Crippen LogP contribution < -0.4 is 11.1 Å². The summed E-state index contributed by atoms with van der Waals surface area (Å²) in [6.45, 7) is 4.36. The summed E-state index contributed by atoms with van der Waals surface area (Å²) < 4.78 is 5.16. The van der Waals surface area contributed by atoms with Crippen molar-refractivity contribution in [2.75, 3.05) is 19.8 Å². The van der Waals surface area contributed by atoms with Crippen molar-refractivity contribution in [1.82, 2.24) is 5.32 Å². The first-order valence-electron chi connectivity index (χ1n) is 6.22. The van der Waals surface area contributed by atoms with Crippen molar-refractivity contribution in [3.05, 3.63) is 0 Å². The molecule has 0 aromatic rings. The molecule has 2 aliphatic rings. The summed E-state index contributed by atoms with van der Waals surface area (Å²) >= 11 is 0. The van der Waals surface area contributed by atoms with Gasteiger partial charge in [-0.25, -0.2) is 0 Å². The average molecular weight is 226 g/mol. The minimum Gasteiger partial charge on any atom is -0.380 e. The van der Waals surface area contributed by atoms with Gasteiger partial charge in [0.1, 0.15) is 0 Å². The quantitative estimate of drug-likeness (QED) is 0.743. The normalized spacial score (nSPS) is 32.9. The van der Waals surface area contributed by atoms with Crippen molar-refractivity contribution in [3.63, 3.8) is 0 Å². The molecular weight excluding hydrogens is 204 g/mol. The third kappa shape index (κ3) is 2.55. The molecule has 1 aliphatic carbocycles. The number of rotatable bonds is 3. The predicted molar refractivity (Wildman–Crippen MR) is 61.9 cm³/mol. The summed E-state index contributed by atoms with van der Waals surface area (Å²) in [5.41, 5.74) is 6.13. The number of nitrogens with one attached hydrogen (secondary N) is 1. The zero-order chi connectivity index (χ0) is 11.6. The van der Waals surface area contributed by atoms with Gasteiger partial charge in [-0.05, 0) is 12.8 Å². The van der Waals surface area contributed by atoms with Crippen LogP contribution in [-0.4, -0.2) is 31.7 Å². The number of hydrogen-bond acceptors (Lipinski definition) is 3. The van der Waals surface area contributed by atoms with E-state index in [4.69, 9.17) is 10.5 Å². The fourth-order valence-corrected chi connectivity index (χ4v) is 2.47. The van der Waals surface area contributed by atoms with E-state index < -0.39 is 0 Å². The number of hydrogen-bond donors (Lipinski definition) is 2. The van der Waals surface area contributed by atoms with Crippen LogP contribution in [0, 0.1) is 11.3 Å². The first kappa shape index (κ1) is 11.9. The van der Waals surface area contributed by atoms with Gasteiger partial charge < -0.3 is 15.8 Å². The summed E-state index contributed by atoms with van der Waals surface area (Å²) in [5.74, 6) is 0.165. The van der Waals surface area contributed by atoms with Crippen LogP contribution in [0.2, 0.25) is 0 Å². The maximum Gasteiger partial charge on any atom is 0.224 e. The fourth-order valence-electron chi connectivity index (χ4n) is 2.47. The van der Waals surface area contributed by atoms with Crippen LogP contribution >= 0.6 is 0 Å². The van der Waals surface area contributed by atoms with E-state index in [1.165, 1.54) is 0 Å². The summed E-state index contributed by atoms with van der Waals surface area (Å²) in [7, 11) is 0. The van der Waals surface area contributed by atoms with Gasteiger partial charge in [0.25, 0.3) is 0 Å². The highest BCUT2D eigenvalue weighted by Gasteiger charge is 2.35. The summed E-state index contributed by atoms with van der Waals surface area (Å²) in [6.07, 6.45) is 4.22. The van der Waals surface area contributed by atoms with Crippen molar-refractivity contribution in [2.24, 2.45) is 17.1 Å². The van der Waals surface area contributed by atoms with Crippen molar-refractivity contribution < 1.29 is 9.53 Å². The maximum absolute atomic E-state index is 12.0. The molecule has 1 amide bonds. The number of ether oxygens (including phenoxy) is 1. The molecule has 2 fully saturated rings. The second kappa shape index (κ2) is 4.72. The molecule has 16 heavy (non-hydrogen) atoms. The molecule has 0 bridgehead atoms. The van der Waals surface area contributed by atoms with Crippen LogP contribution in [0.5, 0.6) is 0 Å². The molecule has 1 saturated heterocycles. The van der Waals surface area contributed by atoms with Crippen molar-refractivity contribution >= 4 is 5.91 Å². The molecule has 2 rings (SSSR count). The van der Waals surface area contributed by atoms with Crippen LogP contribution in [0.1, 0.15) is 32.6 Å². The maximum atomic E-state index is 12.0. The number of carbonyl (C=O) groups is 1. The second-order valence-corrected chi connectivity index (χ2v) is 5.58. The Labute approximate surface area is 96.9 Å². The van der Waals surface area contributed by atoms with E-state index in [0.717, 1.165) is 45.4 Å². The van der Waals surface area contributed by atoms with Crippen LogP contribution in [0.3, 0.4) is 0 Å². The molecule has 0 aromatic carbocycles. The molecule has 4 heteroatoms. The van der Waals surface area contributed by atoms with E-state index in [2.05, 4.69) is 12.2 Å². The number of nitrogens with two attached hydrogens (primary N) is 1. The lowest BCUT2D eigenvalue weighted by Crippen LogP contribution is -2.51. The monoisotopic (exact) mass is 226 g/mol. The van der Waals surface area contributed by atoms with Crippen LogP contribution in [0.4, 0.5) is 0 Å². The SMILES string of the molecule is CC1(CNC(=O)C2CCCCC2N)COC1. The molecule has 4 nitrogen and oxygen atoms in total. The van der Waals surface area contributed by atoms with E-state index in [1.54, 1.807) is 0 Å². The van der Waals surface area contributed by atoms with Gasteiger partial charge in [-0.1, -0.05) is 19.8 Å². The number of amides is 1. The van der Waals surface area contributed by atoms with Gasteiger partial charge in [0.05, 0.1) is 19.1 Å². The third-order valence-electron chi connectivity index (χ3n) is 3.75. The Bertz CT molecular complexity index is 264. The molecule has 3 N–H and O–H groups in total. The fraction of sp³-hybridized carbons (Fsp3) is 0.917. The zero-order valence-electron chi connectivity index (χ0n) is 10.00. The average Bonchev–Trinajstić information content (AvgIpc) is 2.24. The zero-order valence-corrected chi connectivity index (χ0v) is 10.00. The molecule has 2 atom stereocenters. The molecule has 0 aromatic heterocycles. The first-order chi connectivity index (χ1) is 7.61. The lowest BCUT2D eigenvalue weighted by atomic mass is 9.83. The largest absolute Gasteiger partial charge is 0.380 e. The molecule has 1 heterocycles. The Hall–Kier alpha value is -0.610. The van der Waals surface area contributed by atoms with Gasteiger partial charge in [-0.2, -0.15) is 0 Å². The van der Waals surface area contributed by atoms with Gasteiger partial charge >= 0.3 is 0 Å². The third-order valence-corrected chi connectivity index (χ3v) is 3.75. The highest BCUT2D eigenvalue weighted by Crippen LogP contribution is 2.26. The lowest BCUT2D eigenvalue weighted by molar-refractivity contribution is -0.131. The minimum atomic E-state index is 0.0262. The van der Waals surface area contributed by atoms with E-state index >= 15 is 0 Å². The van der Waals surface area contributed by atoms with Crippen molar-refractivity contribution in [1.29, 1.82) is 0 Å². The second-order valence-electron chi connectivity index (χ2n) is 5.58. The van der Waals surface area contributed by atoms with Crippen LogP contribution in [0.25, 0.3) is 0 Å². The van der Waals surface area contributed by atoms with E-state index in [0.29, 0.717) is 0 Å². The molecule has 1 aliphatic heterocycles. The van der Waals surface area contributed by atoms with Gasteiger partial charge in [0.2, 0.25) is 5.91 Å². The molecule has 92 valence electrons. The van der Waals surface area contributed by atoms with Crippen LogP contribution in [-0.2, 0) is 9.53 Å². The molecule has 1 saturated carbocycles. The Kier molecular flexibility index (Phi) is 3.50. The van der Waals surface area contributed by atoms with Gasteiger partial charge in [-0.15, -0.1) is 0 Å². The lowest BCUT2D eigenvalue weighted by Gasteiger charge is -2.38. The Morgan fingerprint density at radius 2 is 2.12 bits per heavy atom. The molecule has 2 unspecified atom stereocenters. The van der Waals surface area contributed by atoms with Crippen LogP contribution in [0.15, 0.2) is 0 Å². The topological polar surface area (TPSA) is 64.4 Å². The van der Waals surface area contributed by atoms with Crippen molar-refractivity contribution in [2.45, 2.75) is 38.6 Å². The molecule has 0 radical (unpaired) electrons. The minimum absolute atomic E-state index is 0.0262. The Morgan fingerprint density at radius 3 is 2.69 bits per heavy atom. The van der Waals surface area contributed by atoms with Gasteiger partial charge in [-0.3, -0.25) is 4.79 Å². The summed E-state index contributed by atoms with van der Waals surface area (Å²) in [5, 5.41) is 3.03. The number of carbonyl (C=O) groups excluding carboxylic acids is 1. The first-order valence-corrected chi connectivity index (χ1v) is 6.22. The summed E-state index contributed by atoms with van der Waals surface area (Å²) in [4.78, 5) is 12.0. The highest BCUT2D eigenvalue weighted by atomic mass is 16.5. The Morgan fingerprint density at radius 1 is 1.44 bits per heavy atom. The highest BCUT2D eigenvalue weighted by molar-refractivity contribution is 5.79.